The Hall–Kier alpha value is -3.14. The fourth-order valence-corrected chi connectivity index (χ4v) is 2.88. The first-order valence-electron chi connectivity index (χ1n) is 7.59. The Labute approximate surface area is 139 Å². The lowest BCUT2D eigenvalue weighted by atomic mass is 10.0. The van der Waals surface area contributed by atoms with E-state index in [4.69, 9.17) is 18.3 Å². The van der Waals surface area contributed by atoms with Crippen LogP contribution in [0, 0.1) is 0 Å². The van der Waals surface area contributed by atoms with E-state index in [2.05, 4.69) is 0 Å². The van der Waals surface area contributed by atoms with Crippen molar-refractivity contribution in [2.45, 2.75) is 0 Å². The lowest BCUT2D eigenvalue weighted by Gasteiger charge is -2.06. The second-order valence-electron chi connectivity index (χ2n) is 5.35. The van der Waals surface area contributed by atoms with Crippen LogP contribution < -0.4 is 9.47 Å². The molecule has 0 atom stereocenters. The molecule has 0 unspecified atom stereocenters. The lowest BCUT2D eigenvalue weighted by Crippen LogP contribution is -1.89. The van der Waals surface area contributed by atoms with Crippen molar-refractivity contribution in [3.63, 3.8) is 0 Å². The van der Waals surface area contributed by atoms with Crippen LogP contribution >= 0.6 is 0 Å². The van der Waals surface area contributed by atoms with Crippen LogP contribution in [0.1, 0.15) is 0 Å². The Balaban J connectivity index is 2.06. The van der Waals surface area contributed by atoms with Crippen molar-refractivity contribution in [3.8, 4) is 34.1 Å². The number of hydrogen-bond acceptors (Lipinski definition) is 4. The van der Waals surface area contributed by atoms with Crippen molar-refractivity contribution in [1.29, 1.82) is 0 Å². The Bertz CT molecular complexity index is 966. The summed E-state index contributed by atoms with van der Waals surface area (Å²) in [5, 5.41) is 0.918. The number of furan rings is 2. The van der Waals surface area contributed by atoms with Gasteiger partial charge in [0.2, 0.25) is 0 Å². The van der Waals surface area contributed by atoms with E-state index in [-0.39, 0.29) is 0 Å². The summed E-state index contributed by atoms with van der Waals surface area (Å²) in [6.07, 6.45) is 1.66. The van der Waals surface area contributed by atoms with Gasteiger partial charge in [-0.2, -0.15) is 0 Å². The zero-order chi connectivity index (χ0) is 16.5. The molecule has 4 nitrogen and oxygen atoms in total. The molecule has 0 amide bonds. The van der Waals surface area contributed by atoms with Gasteiger partial charge in [0.05, 0.1) is 26.0 Å². The summed E-state index contributed by atoms with van der Waals surface area (Å²) in [5.74, 6) is 2.79. The number of hydrogen-bond donors (Lipinski definition) is 0. The molecule has 0 bridgehead atoms. The Morgan fingerprint density at radius 1 is 0.833 bits per heavy atom. The van der Waals surface area contributed by atoms with Crippen molar-refractivity contribution in [3.05, 3.63) is 60.9 Å². The summed E-state index contributed by atoms with van der Waals surface area (Å²) in [5.41, 5.74) is 2.61. The van der Waals surface area contributed by atoms with E-state index in [1.807, 2.05) is 54.6 Å². The first-order chi connectivity index (χ1) is 11.8. The molecule has 0 fully saturated rings. The highest BCUT2D eigenvalue weighted by Gasteiger charge is 2.21. The fourth-order valence-electron chi connectivity index (χ4n) is 2.88. The van der Waals surface area contributed by atoms with Crippen molar-refractivity contribution >= 4 is 11.0 Å². The van der Waals surface area contributed by atoms with Crippen molar-refractivity contribution in [1.82, 2.24) is 0 Å². The van der Waals surface area contributed by atoms with Crippen LogP contribution in [-0.4, -0.2) is 14.2 Å². The topological polar surface area (TPSA) is 44.7 Å². The average Bonchev–Trinajstić information content (AvgIpc) is 3.28. The van der Waals surface area contributed by atoms with Gasteiger partial charge < -0.3 is 18.3 Å². The van der Waals surface area contributed by atoms with Crippen LogP contribution in [0.4, 0.5) is 0 Å². The molecule has 24 heavy (non-hydrogen) atoms. The second-order valence-corrected chi connectivity index (χ2v) is 5.35. The smallest absolute Gasteiger partial charge is 0.164 e. The third-order valence-electron chi connectivity index (χ3n) is 4.00. The quantitative estimate of drug-likeness (QED) is 0.506. The average molecular weight is 320 g/mol. The number of ether oxygens (including phenoxy) is 2. The van der Waals surface area contributed by atoms with Gasteiger partial charge in [-0.05, 0) is 18.2 Å². The van der Waals surface area contributed by atoms with Gasteiger partial charge in [-0.15, -0.1) is 0 Å². The van der Waals surface area contributed by atoms with Crippen molar-refractivity contribution in [2.75, 3.05) is 14.2 Å². The molecule has 0 aliphatic carbocycles. The highest BCUT2D eigenvalue weighted by molar-refractivity contribution is 6.01. The fraction of sp³-hybridized carbons (Fsp3) is 0.100. The van der Waals surface area contributed by atoms with Crippen molar-refractivity contribution in [2.24, 2.45) is 0 Å². The molecule has 4 rings (SSSR count). The van der Waals surface area contributed by atoms with E-state index in [0.717, 1.165) is 33.6 Å². The first-order valence-corrected chi connectivity index (χ1v) is 7.59. The predicted molar refractivity (Wildman–Crippen MR) is 92.5 cm³/mol. The van der Waals surface area contributed by atoms with Crippen LogP contribution in [0.5, 0.6) is 11.5 Å². The minimum absolute atomic E-state index is 0.629. The van der Waals surface area contributed by atoms with Crippen molar-refractivity contribution < 1.29 is 18.3 Å². The molecule has 2 heterocycles. The summed E-state index contributed by atoms with van der Waals surface area (Å²) >= 11 is 0. The van der Waals surface area contributed by atoms with Gasteiger partial charge in [-0.25, -0.2) is 0 Å². The lowest BCUT2D eigenvalue weighted by molar-refractivity contribution is 0.355. The van der Waals surface area contributed by atoms with Crippen LogP contribution in [-0.2, 0) is 0 Å². The number of fused-ring (bicyclic) bond motifs is 1. The van der Waals surface area contributed by atoms with Gasteiger partial charge >= 0.3 is 0 Å². The number of methoxy groups -OCH3 is 2. The van der Waals surface area contributed by atoms with Crippen LogP contribution in [0.25, 0.3) is 33.6 Å². The molecule has 0 radical (unpaired) electrons. The summed E-state index contributed by atoms with van der Waals surface area (Å²) in [4.78, 5) is 0. The minimum Gasteiger partial charge on any atom is -0.493 e. The van der Waals surface area contributed by atoms with Gasteiger partial charge in [0.1, 0.15) is 17.1 Å². The van der Waals surface area contributed by atoms with E-state index in [1.54, 1.807) is 20.5 Å². The Kier molecular flexibility index (Phi) is 3.50. The predicted octanol–water partition coefficient (Wildman–Crippen LogP) is 5.38. The van der Waals surface area contributed by atoms with Gasteiger partial charge in [0, 0.05) is 17.0 Å². The molecule has 2 aromatic carbocycles. The highest BCUT2D eigenvalue weighted by atomic mass is 16.5. The van der Waals surface area contributed by atoms with E-state index < -0.39 is 0 Å². The van der Waals surface area contributed by atoms with Crippen LogP contribution in [0.15, 0.2) is 69.7 Å². The maximum atomic E-state index is 6.16. The summed E-state index contributed by atoms with van der Waals surface area (Å²) in [6, 6.07) is 17.5. The molecule has 0 saturated carbocycles. The number of rotatable bonds is 4. The molecule has 0 saturated heterocycles. The van der Waals surface area contributed by atoms with Gasteiger partial charge in [-0.3, -0.25) is 0 Å². The third kappa shape index (κ3) is 2.24. The SMILES string of the molecule is COc1cc2oc(-c3ccccc3)c(-c3ccco3)c2cc1OC. The summed E-state index contributed by atoms with van der Waals surface area (Å²) in [6.45, 7) is 0. The van der Waals surface area contributed by atoms with Crippen LogP contribution in [0.3, 0.4) is 0 Å². The van der Waals surface area contributed by atoms with E-state index in [1.165, 1.54) is 0 Å². The maximum Gasteiger partial charge on any atom is 0.164 e. The Morgan fingerprint density at radius 3 is 2.25 bits per heavy atom. The molecule has 4 aromatic rings. The largest absolute Gasteiger partial charge is 0.493 e. The molecule has 2 aromatic heterocycles. The molecule has 120 valence electrons. The van der Waals surface area contributed by atoms with Crippen LogP contribution in [0.2, 0.25) is 0 Å². The summed E-state index contributed by atoms with van der Waals surface area (Å²) in [7, 11) is 3.23. The normalized spacial score (nSPS) is 10.9. The third-order valence-corrected chi connectivity index (χ3v) is 4.00. The molecular weight excluding hydrogens is 304 g/mol. The zero-order valence-electron chi connectivity index (χ0n) is 13.4. The van der Waals surface area contributed by atoms with Gasteiger partial charge in [0.25, 0.3) is 0 Å². The maximum absolute atomic E-state index is 6.16. The minimum atomic E-state index is 0.629. The molecular formula is C20H16O4. The summed E-state index contributed by atoms with van der Waals surface area (Å²) < 4.78 is 22.6. The highest BCUT2D eigenvalue weighted by Crippen LogP contribution is 2.44. The van der Waals surface area contributed by atoms with Gasteiger partial charge in [-0.1, -0.05) is 30.3 Å². The second kappa shape index (κ2) is 5.81. The Morgan fingerprint density at radius 2 is 1.58 bits per heavy atom. The van der Waals surface area contributed by atoms with E-state index in [0.29, 0.717) is 11.5 Å². The number of benzene rings is 2. The molecule has 4 heteroatoms. The zero-order valence-corrected chi connectivity index (χ0v) is 13.4. The molecule has 0 N–H and O–H groups in total. The molecule has 0 aliphatic rings. The molecule has 0 spiro atoms. The molecule has 0 aliphatic heterocycles. The van der Waals surface area contributed by atoms with E-state index >= 15 is 0 Å². The van der Waals surface area contributed by atoms with E-state index in [9.17, 15) is 0 Å². The standard InChI is InChI=1S/C20H16O4/c1-21-17-11-14-16(12-18(17)22-2)24-20(13-7-4-3-5-8-13)19(14)15-9-6-10-23-15/h3-12H,1-2H3. The first kappa shape index (κ1) is 14.5. The monoisotopic (exact) mass is 320 g/mol. The van der Waals surface area contributed by atoms with Gasteiger partial charge in [0.15, 0.2) is 11.5 Å².